The van der Waals surface area contributed by atoms with Crippen molar-refractivity contribution in [3.63, 3.8) is 0 Å². The van der Waals surface area contributed by atoms with Gasteiger partial charge in [-0.3, -0.25) is 13.9 Å². The van der Waals surface area contributed by atoms with Gasteiger partial charge >= 0.3 is 6.18 Å². The van der Waals surface area contributed by atoms with Gasteiger partial charge < -0.3 is 15.0 Å². The number of ether oxygens (including phenoxy) is 1. The number of rotatable bonds is 13. The van der Waals surface area contributed by atoms with E-state index in [9.17, 15) is 31.2 Å². The number of amides is 2. The molecule has 0 aliphatic rings. The zero-order chi connectivity index (χ0) is 32.7. The SMILES string of the molecule is CC[C@H](C)NC(=O)[C@@H](Cc1ccccc1)N(Cc1cccc(OC)c1)C(=O)CN(c1ccc(Cl)c(C(F)(F)F)c1)S(C)(=O)=O. The van der Waals surface area contributed by atoms with Crippen molar-refractivity contribution in [3.05, 3.63) is 94.5 Å². The van der Waals surface area contributed by atoms with E-state index < -0.39 is 56.9 Å². The molecule has 3 aromatic carbocycles. The largest absolute Gasteiger partial charge is 0.497 e. The normalized spacial score (nSPS) is 13.1. The Morgan fingerprint density at radius 3 is 2.25 bits per heavy atom. The number of methoxy groups -OCH3 is 1. The fourth-order valence-corrected chi connectivity index (χ4v) is 5.53. The summed E-state index contributed by atoms with van der Waals surface area (Å²) in [7, 11) is -2.80. The molecular formula is C31H35ClF3N3O5S. The van der Waals surface area contributed by atoms with Crippen molar-refractivity contribution in [2.24, 2.45) is 0 Å². The van der Waals surface area contributed by atoms with Crippen LogP contribution in [0, 0.1) is 0 Å². The van der Waals surface area contributed by atoms with E-state index in [1.54, 1.807) is 48.5 Å². The van der Waals surface area contributed by atoms with Gasteiger partial charge in [0.2, 0.25) is 21.8 Å². The Morgan fingerprint density at radius 1 is 1.00 bits per heavy atom. The highest BCUT2D eigenvalue weighted by Gasteiger charge is 2.36. The third-order valence-corrected chi connectivity index (χ3v) is 8.45. The minimum atomic E-state index is -4.87. The lowest BCUT2D eigenvalue weighted by Gasteiger charge is -2.34. The number of sulfonamides is 1. The number of hydrogen-bond acceptors (Lipinski definition) is 5. The topological polar surface area (TPSA) is 96.0 Å². The number of halogens is 4. The molecule has 3 rings (SSSR count). The maximum Gasteiger partial charge on any atom is 0.417 e. The summed E-state index contributed by atoms with van der Waals surface area (Å²) in [4.78, 5) is 29.1. The van der Waals surface area contributed by atoms with Crippen LogP contribution >= 0.6 is 11.6 Å². The number of anilines is 1. The third-order valence-electron chi connectivity index (χ3n) is 6.98. The van der Waals surface area contributed by atoms with Gasteiger partial charge in [0.15, 0.2) is 0 Å². The van der Waals surface area contributed by atoms with E-state index >= 15 is 0 Å². The molecule has 0 aromatic heterocycles. The predicted molar refractivity (Wildman–Crippen MR) is 164 cm³/mol. The summed E-state index contributed by atoms with van der Waals surface area (Å²) in [6.07, 6.45) is -3.37. The molecule has 1 N–H and O–H groups in total. The molecule has 238 valence electrons. The molecule has 0 unspecified atom stereocenters. The number of nitrogens with one attached hydrogen (secondary N) is 1. The molecule has 0 heterocycles. The van der Waals surface area contributed by atoms with Crippen LogP contribution in [0.1, 0.15) is 37.0 Å². The van der Waals surface area contributed by atoms with Crippen molar-refractivity contribution in [1.82, 2.24) is 10.2 Å². The van der Waals surface area contributed by atoms with E-state index in [1.807, 2.05) is 19.9 Å². The first-order valence-corrected chi connectivity index (χ1v) is 16.0. The summed E-state index contributed by atoms with van der Waals surface area (Å²) in [5, 5.41) is 2.29. The van der Waals surface area contributed by atoms with Gasteiger partial charge in [0.05, 0.1) is 29.6 Å². The quantitative estimate of drug-likeness (QED) is 0.256. The van der Waals surface area contributed by atoms with Gasteiger partial charge in [-0.25, -0.2) is 8.42 Å². The van der Waals surface area contributed by atoms with Crippen molar-refractivity contribution in [3.8, 4) is 5.75 Å². The van der Waals surface area contributed by atoms with Gasteiger partial charge in [0.25, 0.3) is 0 Å². The Hall–Kier alpha value is -3.77. The number of nitrogens with zero attached hydrogens (tertiary/aromatic N) is 2. The van der Waals surface area contributed by atoms with E-state index in [-0.39, 0.29) is 19.0 Å². The highest BCUT2D eigenvalue weighted by molar-refractivity contribution is 7.92. The molecule has 44 heavy (non-hydrogen) atoms. The Balaban J connectivity index is 2.12. The van der Waals surface area contributed by atoms with Gasteiger partial charge in [-0.1, -0.05) is 61.0 Å². The molecule has 3 aromatic rings. The number of carbonyl (C=O) groups excluding carboxylic acids is 2. The Morgan fingerprint density at radius 2 is 1.66 bits per heavy atom. The van der Waals surface area contributed by atoms with Crippen LogP contribution in [0.3, 0.4) is 0 Å². The second kappa shape index (κ2) is 14.8. The van der Waals surface area contributed by atoms with E-state index in [0.29, 0.717) is 28.1 Å². The molecule has 0 aliphatic heterocycles. The molecule has 0 radical (unpaired) electrons. The molecule has 0 saturated carbocycles. The molecule has 8 nitrogen and oxygen atoms in total. The van der Waals surface area contributed by atoms with Gasteiger partial charge in [0.1, 0.15) is 18.3 Å². The summed E-state index contributed by atoms with van der Waals surface area (Å²) in [6, 6.07) is 17.1. The number of benzene rings is 3. The highest BCUT2D eigenvalue weighted by atomic mass is 35.5. The average Bonchev–Trinajstić information content (AvgIpc) is 2.97. The van der Waals surface area contributed by atoms with Crippen LogP contribution in [0.2, 0.25) is 5.02 Å². The lowest BCUT2D eigenvalue weighted by molar-refractivity contribution is -0.140. The fraction of sp³-hybridized carbons (Fsp3) is 0.355. The summed E-state index contributed by atoms with van der Waals surface area (Å²) in [5.41, 5.74) is -0.319. The molecule has 13 heteroatoms. The van der Waals surface area contributed by atoms with E-state index in [4.69, 9.17) is 16.3 Å². The molecule has 0 saturated heterocycles. The Kier molecular flexibility index (Phi) is 11.7. The van der Waals surface area contributed by atoms with Crippen LogP contribution in [-0.2, 0) is 38.8 Å². The first-order chi connectivity index (χ1) is 20.6. The van der Waals surface area contributed by atoms with E-state index in [0.717, 1.165) is 24.0 Å². The lowest BCUT2D eigenvalue weighted by Crippen LogP contribution is -2.54. The van der Waals surface area contributed by atoms with Crippen molar-refractivity contribution < 1.29 is 35.9 Å². The summed E-state index contributed by atoms with van der Waals surface area (Å²) in [5.74, 6) is -0.768. The minimum Gasteiger partial charge on any atom is -0.497 e. The van der Waals surface area contributed by atoms with Gasteiger partial charge in [0, 0.05) is 19.0 Å². The van der Waals surface area contributed by atoms with E-state index in [2.05, 4.69) is 5.32 Å². The number of hydrogen-bond donors (Lipinski definition) is 1. The first kappa shape index (κ1) is 34.7. The van der Waals surface area contributed by atoms with Crippen LogP contribution in [0.4, 0.5) is 18.9 Å². The molecule has 0 fully saturated rings. The molecule has 0 spiro atoms. The van der Waals surface area contributed by atoms with Gasteiger partial charge in [-0.15, -0.1) is 0 Å². The zero-order valence-electron chi connectivity index (χ0n) is 24.8. The molecular weight excluding hydrogens is 619 g/mol. The predicted octanol–water partition coefficient (Wildman–Crippen LogP) is 5.69. The van der Waals surface area contributed by atoms with Gasteiger partial charge in [-0.2, -0.15) is 13.2 Å². The van der Waals surface area contributed by atoms with Crippen molar-refractivity contribution in [1.29, 1.82) is 0 Å². The maximum absolute atomic E-state index is 14.1. The van der Waals surface area contributed by atoms with E-state index in [1.165, 1.54) is 12.0 Å². The average molecular weight is 654 g/mol. The van der Waals surface area contributed by atoms with Crippen molar-refractivity contribution in [2.75, 3.05) is 24.2 Å². The summed E-state index contributed by atoms with van der Waals surface area (Å²) in [6.45, 7) is 2.72. The second-order valence-corrected chi connectivity index (χ2v) is 12.6. The lowest BCUT2D eigenvalue weighted by atomic mass is 10.0. The molecule has 2 atom stereocenters. The fourth-order valence-electron chi connectivity index (χ4n) is 4.46. The summed E-state index contributed by atoms with van der Waals surface area (Å²) >= 11 is 5.76. The second-order valence-electron chi connectivity index (χ2n) is 10.3. The van der Waals surface area contributed by atoms with Gasteiger partial charge in [-0.05, 0) is 54.8 Å². The van der Waals surface area contributed by atoms with Crippen LogP contribution < -0.4 is 14.4 Å². The molecule has 2 amide bonds. The summed E-state index contributed by atoms with van der Waals surface area (Å²) < 4.78 is 72.6. The number of alkyl halides is 3. The smallest absolute Gasteiger partial charge is 0.417 e. The standard InChI is InChI=1S/C31H35ClF3N3O5S/c1-5-21(2)36-30(40)28(17-22-10-7-6-8-11-22)37(19-23-12-9-13-25(16-23)43-3)29(39)20-38(44(4,41)42)24-14-15-27(32)26(18-24)31(33,34)35/h6-16,18,21,28H,5,17,19-20H2,1-4H3,(H,36,40)/t21-,28+/m0/s1. The van der Waals surface area contributed by atoms with Crippen LogP contribution in [0.25, 0.3) is 0 Å². The zero-order valence-corrected chi connectivity index (χ0v) is 26.3. The molecule has 0 aliphatic carbocycles. The molecule has 0 bridgehead atoms. The highest BCUT2D eigenvalue weighted by Crippen LogP contribution is 2.37. The van der Waals surface area contributed by atoms with Crippen LogP contribution in [0.15, 0.2) is 72.8 Å². The Labute approximate surface area is 260 Å². The maximum atomic E-state index is 14.1. The third kappa shape index (κ3) is 9.36. The van der Waals surface area contributed by atoms with Crippen molar-refractivity contribution >= 4 is 39.1 Å². The monoisotopic (exact) mass is 653 g/mol. The number of carbonyl (C=O) groups is 2. The minimum absolute atomic E-state index is 0.0941. The van der Waals surface area contributed by atoms with Crippen LogP contribution in [0.5, 0.6) is 5.75 Å². The van der Waals surface area contributed by atoms with Crippen molar-refractivity contribution in [2.45, 2.75) is 51.5 Å². The Bertz CT molecular complexity index is 1550. The first-order valence-electron chi connectivity index (χ1n) is 13.7. The van der Waals surface area contributed by atoms with Crippen LogP contribution in [-0.4, -0.2) is 57.1 Å².